The largest absolute Gasteiger partial charge is 0.487 e. The number of ether oxygens (including phenoxy) is 1. The van der Waals surface area contributed by atoms with E-state index < -0.39 is 15.6 Å². The highest BCUT2D eigenvalue weighted by atomic mass is 32.2. The van der Waals surface area contributed by atoms with Crippen LogP contribution in [0.25, 0.3) is 0 Å². The summed E-state index contributed by atoms with van der Waals surface area (Å²) < 4.78 is 39.3. The second-order valence-corrected chi connectivity index (χ2v) is 8.08. The van der Waals surface area contributed by atoms with Gasteiger partial charge in [-0.15, -0.1) is 0 Å². The van der Waals surface area contributed by atoms with Crippen molar-refractivity contribution >= 4 is 10.0 Å². The Bertz CT molecular complexity index is 820. The number of aryl methyl sites for hydroxylation is 2. The van der Waals surface area contributed by atoms with Crippen LogP contribution in [0, 0.1) is 13.8 Å². The fraction of sp³-hybridized carbons (Fsp3) is 0.438. The minimum absolute atomic E-state index is 0.110. The Kier molecular flexibility index (Phi) is 3.72. The summed E-state index contributed by atoms with van der Waals surface area (Å²) in [5.74, 6) is 0.991. The summed E-state index contributed by atoms with van der Waals surface area (Å²) in [6.07, 6.45) is 0.534. The van der Waals surface area contributed by atoms with E-state index in [-0.39, 0.29) is 16.7 Å². The zero-order chi connectivity index (χ0) is 16.8. The second-order valence-electron chi connectivity index (χ2n) is 6.43. The number of sulfonamides is 1. The van der Waals surface area contributed by atoms with Gasteiger partial charge < -0.3 is 9.26 Å². The van der Waals surface area contributed by atoms with Crippen LogP contribution in [0.1, 0.15) is 43.3 Å². The van der Waals surface area contributed by atoms with Crippen LogP contribution in [0.2, 0.25) is 0 Å². The molecule has 0 spiro atoms. The molecule has 124 valence electrons. The lowest BCUT2D eigenvalue weighted by atomic mass is 9.90. The molecule has 6 nitrogen and oxygen atoms in total. The lowest BCUT2D eigenvalue weighted by Gasteiger charge is -2.37. The summed E-state index contributed by atoms with van der Waals surface area (Å²) in [5.41, 5.74) is 0.733. The number of aromatic nitrogens is 1. The number of hydrogen-bond donors (Lipinski definition) is 1. The van der Waals surface area contributed by atoms with Gasteiger partial charge in [0, 0.05) is 12.0 Å². The fourth-order valence-electron chi connectivity index (χ4n) is 3.01. The predicted octanol–water partition coefficient (Wildman–Crippen LogP) is 2.87. The molecule has 7 heteroatoms. The van der Waals surface area contributed by atoms with Crippen LogP contribution < -0.4 is 9.46 Å². The Hall–Kier alpha value is -1.86. The van der Waals surface area contributed by atoms with Crippen molar-refractivity contribution in [3.8, 4) is 5.75 Å². The van der Waals surface area contributed by atoms with E-state index in [4.69, 9.17) is 9.26 Å². The van der Waals surface area contributed by atoms with Crippen LogP contribution in [0.5, 0.6) is 5.75 Å². The molecule has 0 saturated carbocycles. The molecule has 1 aromatic carbocycles. The zero-order valence-corrected chi connectivity index (χ0v) is 14.4. The molecule has 1 aliphatic rings. The standard InChI is InChI=1S/C16H20N2O4S/c1-10-15(11(2)22-17-10)23(19,20)18-13-9-16(3,4)21-14-8-6-5-7-12(13)14/h5-8,13,18H,9H2,1-4H3/t13-/m1/s1. The average molecular weight is 336 g/mol. The number of fused-ring (bicyclic) bond motifs is 1. The van der Waals surface area contributed by atoms with E-state index in [1.165, 1.54) is 0 Å². The van der Waals surface area contributed by atoms with Crippen molar-refractivity contribution in [3.05, 3.63) is 41.3 Å². The first-order valence-electron chi connectivity index (χ1n) is 7.43. The van der Waals surface area contributed by atoms with Crippen LogP contribution in [0.15, 0.2) is 33.7 Å². The third kappa shape index (κ3) is 2.98. The van der Waals surface area contributed by atoms with Gasteiger partial charge in [-0.3, -0.25) is 0 Å². The van der Waals surface area contributed by atoms with Gasteiger partial charge in [0.05, 0.1) is 6.04 Å². The van der Waals surface area contributed by atoms with Gasteiger partial charge in [0.1, 0.15) is 21.9 Å². The van der Waals surface area contributed by atoms with Crippen LogP contribution in [0.4, 0.5) is 0 Å². The van der Waals surface area contributed by atoms with Crippen molar-refractivity contribution in [2.45, 2.75) is 50.7 Å². The summed E-state index contributed by atoms with van der Waals surface area (Å²) in [6, 6.07) is 7.12. The molecule has 1 aromatic heterocycles. The van der Waals surface area contributed by atoms with E-state index in [0.717, 1.165) is 5.56 Å². The Labute approximate surface area is 135 Å². The number of hydrogen-bond acceptors (Lipinski definition) is 5. The molecule has 1 atom stereocenters. The predicted molar refractivity (Wildman–Crippen MR) is 84.8 cm³/mol. The summed E-state index contributed by atoms with van der Waals surface area (Å²) in [7, 11) is -3.73. The Morgan fingerprint density at radius 2 is 1.96 bits per heavy atom. The van der Waals surface area contributed by atoms with Gasteiger partial charge in [-0.05, 0) is 33.8 Å². The molecule has 23 heavy (non-hydrogen) atoms. The molecule has 2 aromatic rings. The zero-order valence-electron chi connectivity index (χ0n) is 13.6. The third-order valence-corrected chi connectivity index (χ3v) is 5.63. The lowest BCUT2D eigenvalue weighted by molar-refractivity contribution is 0.0702. The summed E-state index contributed by atoms with van der Waals surface area (Å²) in [5, 5.41) is 3.73. The van der Waals surface area contributed by atoms with Gasteiger partial charge in [-0.2, -0.15) is 0 Å². The molecule has 2 heterocycles. The highest BCUT2D eigenvalue weighted by Gasteiger charge is 2.37. The van der Waals surface area contributed by atoms with Crippen LogP contribution in [-0.2, 0) is 10.0 Å². The molecule has 3 rings (SSSR count). The van der Waals surface area contributed by atoms with Crippen LogP contribution >= 0.6 is 0 Å². The highest BCUT2D eigenvalue weighted by molar-refractivity contribution is 7.89. The van der Waals surface area contributed by atoms with Gasteiger partial charge in [0.15, 0.2) is 5.76 Å². The van der Waals surface area contributed by atoms with Gasteiger partial charge in [0.2, 0.25) is 10.0 Å². The molecule has 0 saturated heterocycles. The number of para-hydroxylation sites is 1. The average Bonchev–Trinajstić information content (AvgIpc) is 2.77. The monoisotopic (exact) mass is 336 g/mol. The SMILES string of the molecule is Cc1noc(C)c1S(=O)(=O)N[C@@H]1CC(C)(C)Oc2ccccc21. The molecule has 1 N–H and O–H groups in total. The smallest absolute Gasteiger partial charge is 0.246 e. The first kappa shape index (κ1) is 16.0. The first-order chi connectivity index (χ1) is 10.7. The highest BCUT2D eigenvalue weighted by Crippen LogP contribution is 2.40. The van der Waals surface area contributed by atoms with E-state index in [1.54, 1.807) is 13.8 Å². The van der Waals surface area contributed by atoms with Crippen LogP contribution in [0.3, 0.4) is 0 Å². The van der Waals surface area contributed by atoms with E-state index in [1.807, 2.05) is 38.1 Å². The molecule has 1 aliphatic heterocycles. The maximum Gasteiger partial charge on any atom is 0.246 e. The van der Waals surface area contributed by atoms with Crippen molar-refractivity contribution in [2.24, 2.45) is 0 Å². The number of benzene rings is 1. The third-order valence-electron chi connectivity index (χ3n) is 3.91. The molecule has 0 amide bonds. The van der Waals surface area contributed by atoms with E-state index in [0.29, 0.717) is 17.9 Å². The van der Waals surface area contributed by atoms with Crippen molar-refractivity contribution in [1.29, 1.82) is 0 Å². The molecule has 0 unspecified atom stereocenters. The quantitative estimate of drug-likeness (QED) is 0.932. The number of nitrogens with zero attached hydrogens (tertiary/aromatic N) is 1. The number of nitrogens with one attached hydrogen (secondary N) is 1. The summed E-state index contributed by atoms with van der Waals surface area (Å²) in [4.78, 5) is 0.110. The Morgan fingerprint density at radius 1 is 1.26 bits per heavy atom. The molecule has 0 fully saturated rings. The maximum absolute atomic E-state index is 12.8. The van der Waals surface area contributed by atoms with Gasteiger partial charge >= 0.3 is 0 Å². The molecule has 0 aliphatic carbocycles. The van der Waals surface area contributed by atoms with E-state index in [2.05, 4.69) is 9.88 Å². The minimum atomic E-state index is -3.73. The van der Waals surface area contributed by atoms with Crippen molar-refractivity contribution in [1.82, 2.24) is 9.88 Å². The number of rotatable bonds is 3. The van der Waals surface area contributed by atoms with E-state index >= 15 is 0 Å². The van der Waals surface area contributed by atoms with E-state index in [9.17, 15) is 8.42 Å². The normalized spacial score (nSPS) is 19.9. The molecular formula is C16H20N2O4S. The fourth-order valence-corrected chi connectivity index (χ4v) is 4.56. The van der Waals surface area contributed by atoms with Crippen molar-refractivity contribution in [3.63, 3.8) is 0 Å². The summed E-state index contributed by atoms with van der Waals surface area (Å²) >= 11 is 0. The van der Waals surface area contributed by atoms with Crippen molar-refractivity contribution < 1.29 is 17.7 Å². The van der Waals surface area contributed by atoms with Gasteiger partial charge in [0.25, 0.3) is 0 Å². The molecular weight excluding hydrogens is 316 g/mol. The second kappa shape index (κ2) is 5.35. The van der Waals surface area contributed by atoms with Crippen molar-refractivity contribution in [2.75, 3.05) is 0 Å². The van der Waals surface area contributed by atoms with Crippen LogP contribution in [-0.4, -0.2) is 19.2 Å². The van der Waals surface area contributed by atoms with Gasteiger partial charge in [-0.1, -0.05) is 23.4 Å². The van der Waals surface area contributed by atoms with Gasteiger partial charge in [-0.25, -0.2) is 13.1 Å². The lowest BCUT2D eigenvalue weighted by Crippen LogP contribution is -2.41. The topological polar surface area (TPSA) is 81.4 Å². The first-order valence-corrected chi connectivity index (χ1v) is 8.91. The Morgan fingerprint density at radius 3 is 2.61 bits per heavy atom. The minimum Gasteiger partial charge on any atom is -0.487 e. The maximum atomic E-state index is 12.8. The molecule has 0 radical (unpaired) electrons. The Balaban J connectivity index is 2.00. The summed E-state index contributed by atoms with van der Waals surface area (Å²) in [6.45, 7) is 7.10. The molecule has 0 bridgehead atoms.